The molecule has 3 aliphatic rings. The summed E-state index contributed by atoms with van der Waals surface area (Å²) in [5, 5.41) is 7.72. The molecular formula is C29H29ClN2OS. The average molecular weight is 489 g/mol. The molecular weight excluding hydrogens is 460 g/mol. The number of carbonyl (C=O) groups is 1. The molecule has 0 aromatic heterocycles. The van der Waals surface area contributed by atoms with E-state index in [2.05, 4.69) is 53.1 Å². The van der Waals surface area contributed by atoms with E-state index in [-0.39, 0.29) is 5.91 Å². The molecule has 0 radical (unpaired) electrons. The fraction of sp³-hybridized carbons (Fsp3) is 0.345. The highest BCUT2D eigenvalue weighted by atomic mass is 35.5. The Morgan fingerprint density at radius 1 is 1.00 bits per heavy atom. The molecule has 5 atom stereocenters. The second-order valence-electron chi connectivity index (χ2n) is 9.83. The van der Waals surface area contributed by atoms with Crippen LogP contribution in [-0.4, -0.2) is 18.2 Å². The smallest absolute Gasteiger partial charge is 0.251 e. The first-order chi connectivity index (χ1) is 16.7. The number of halogens is 1. The largest absolute Gasteiger partial charge is 0.378 e. The van der Waals surface area contributed by atoms with Gasteiger partial charge in [-0.15, -0.1) is 11.8 Å². The van der Waals surface area contributed by atoms with Crippen LogP contribution in [0.25, 0.3) is 0 Å². The summed E-state index contributed by atoms with van der Waals surface area (Å²) in [5.41, 5.74) is 4.72. The Labute approximate surface area is 210 Å². The van der Waals surface area contributed by atoms with Crippen molar-refractivity contribution in [2.45, 2.75) is 36.1 Å². The first-order valence-corrected chi connectivity index (χ1v) is 13.7. The third-order valence-electron chi connectivity index (χ3n) is 7.98. The van der Waals surface area contributed by atoms with Crippen LogP contribution in [0.2, 0.25) is 5.02 Å². The summed E-state index contributed by atoms with van der Waals surface area (Å²) in [6, 6.07) is 25.4. The molecule has 2 aliphatic carbocycles. The maximum Gasteiger partial charge on any atom is 0.251 e. The monoisotopic (exact) mass is 488 g/mol. The van der Waals surface area contributed by atoms with Crippen LogP contribution in [0.15, 0.2) is 77.7 Å². The van der Waals surface area contributed by atoms with Crippen LogP contribution in [0.1, 0.15) is 52.7 Å². The molecule has 3 aromatic carbocycles. The summed E-state index contributed by atoms with van der Waals surface area (Å²) in [4.78, 5) is 14.1. The maximum atomic E-state index is 13.0. The molecule has 2 bridgehead atoms. The quantitative estimate of drug-likeness (QED) is 0.285. The van der Waals surface area contributed by atoms with Crippen molar-refractivity contribution in [3.63, 3.8) is 0 Å². The van der Waals surface area contributed by atoms with Crippen LogP contribution in [0.5, 0.6) is 0 Å². The van der Waals surface area contributed by atoms with Crippen molar-refractivity contribution in [1.82, 2.24) is 5.32 Å². The minimum Gasteiger partial charge on any atom is -0.378 e. The Morgan fingerprint density at radius 3 is 2.62 bits per heavy atom. The zero-order valence-electron chi connectivity index (χ0n) is 19.0. The molecule has 1 heterocycles. The van der Waals surface area contributed by atoms with Gasteiger partial charge in [0.2, 0.25) is 0 Å². The van der Waals surface area contributed by atoms with Crippen LogP contribution >= 0.6 is 23.4 Å². The predicted molar refractivity (Wildman–Crippen MR) is 141 cm³/mol. The Balaban J connectivity index is 1.17. The molecule has 2 saturated carbocycles. The molecule has 3 aromatic rings. The summed E-state index contributed by atoms with van der Waals surface area (Å²) in [5.74, 6) is 3.53. The van der Waals surface area contributed by atoms with E-state index in [0.717, 1.165) is 33.1 Å². The minimum absolute atomic E-state index is 0.0180. The zero-order chi connectivity index (χ0) is 23.1. The van der Waals surface area contributed by atoms with E-state index < -0.39 is 0 Å². The SMILES string of the molecule is O=C(NCCSc1ccc(Cl)cc1)c1ccc2c(c1)[C@@H]1[C@H]3CC[C@@H](C3)[C@H]1[C@H](c1ccccc1)N2. The number of rotatable bonds is 6. The summed E-state index contributed by atoms with van der Waals surface area (Å²) in [7, 11) is 0. The second kappa shape index (κ2) is 9.31. The van der Waals surface area contributed by atoms with Crippen LogP contribution in [0.4, 0.5) is 5.69 Å². The standard InChI is InChI=1S/C29H29ClN2OS/c30-22-9-11-23(12-10-22)34-15-14-31-29(33)21-8-13-25-24(17-21)26-19-6-7-20(16-19)27(26)28(32-25)18-4-2-1-3-5-18/h1-5,8-13,17,19-20,26-28,32H,6-7,14-16H2,(H,31,33)/t19-,20-,26-,27+,28-/m0/s1. The van der Waals surface area contributed by atoms with Crippen molar-refractivity contribution < 1.29 is 4.79 Å². The van der Waals surface area contributed by atoms with Gasteiger partial charge >= 0.3 is 0 Å². The average Bonchev–Trinajstić information content (AvgIpc) is 3.50. The predicted octanol–water partition coefficient (Wildman–Crippen LogP) is 7.16. The number of hydrogen-bond donors (Lipinski definition) is 2. The number of thioether (sulfide) groups is 1. The van der Waals surface area contributed by atoms with Crippen molar-refractivity contribution in [2.75, 3.05) is 17.6 Å². The number of fused-ring (bicyclic) bond motifs is 7. The van der Waals surface area contributed by atoms with E-state index in [1.54, 1.807) is 11.8 Å². The van der Waals surface area contributed by atoms with Gasteiger partial charge in [-0.25, -0.2) is 0 Å². The molecule has 174 valence electrons. The molecule has 0 saturated heterocycles. The Hall–Kier alpha value is -2.43. The van der Waals surface area contributed by atoms with Gasteiger partial charge in [0.25, 0.3) is 5.91 Å². The van der Waals surface area contributed by atoms with Crippen molar-refractivity contribution >= 4 is 35.0 Å². The normalized spacial score (nSPS) is 26.4. The topological polar surface area (TPSA) is 41.1 Å². The van der Waals surface area contributed by atoms with Crippen molar-refractivity contribution in [1.29, 1.82) is 0 Å². The second-order valence-corrected chi connectivity index (χ2v) is 11.4. The molecule has 34 heavy (non-hydrogen) atoms. The lowest BCUT2D eigenvalue weighted by Crippen LogP contribution is -2.35. The van der Waals surface area contributed by atoms with Gasteiger partial charge in [0.15, 0.2) is 0 Å². The van der Waals surface area contributed by atoms with Gasteiger partial charge in [0.05, 0.1) is 6.04 Å². The Bertz CT molecular complexity index is 1180. The van der Waals surface area contributed by atoms with Gasteiger partial charge in [-0.05, 0) is 96.5 Å². The van der Waals surface area contributed by atoms with Gasteiger partial charge < -0.3 is 10.6 Å². The van der Waals surface area contributed by atoms with E-state index in [0.29, 0.717) is 24.4 Å². The molecule has 1 amide bonds. The van der Waals surface area contributed by atoms with Gasteiger partial charge in [-0.1, -0.05) is 41.9 Å². The zero-order valence-corrected chi connectivity index (χ0v) is 20.6. The van der Waals surface area contributed by atoms with E-state index in [4.69, 9.17) is 11.6 Å². The fourth-order valence-corrected chi connectivity index (χ4v) is 7.48. The first kappa shape index (κ1) is 22.1. The van der Waals surface area contributed by atoms with Crippen LogP contribution in [-0.2, 0) is 0 Å². The highest BCUT2D eigenvalue weighted by Crippen LogP contribution is 2.63. The van der Waals surface area contributed by atoms with Crippen molar-refractivity contribution in [2.24, 2.45) is 17.8 Å². The lowest BCUT2D eigenvalue weighted by Gasteiger charge is -2.43. The number of amides is 1. The number of nitrogens with one attached hydrogen (secondary N) is 2. The van der Waals surface area contributed by atoms with E-state index >= 15 is 0 Å². The van der Waals surface area contributed by atoms with Crippen molar-refractivity contribution in [3.8, 4) is 0 Å². The van der Waals surface area contributed by atoms with Gasteiger partial charge in [-0.2, -0.15) is 0 Å². The van der Waals surface area contributed by atoms with E-state index in [9.17, 15) is 4.79 Å². The van der Waals surface area contributed by atoms with Crippen LogP contribution in [0, 0.1) is 17.8 Å². The first-order valence-electron chi connectivity index (χ1n) is 12.3. The van der Waals surface area contributed by atoms with E-state index in [1.165, 1.54) is 36.1 Å². The third kappa shape index (κ3) is 4.12. The van der Waals surface area contributed by atoms with Crippen LogP contribution in [0.3, 0.4) is 0 Å². The highest BCUT2D eigenvalue weighted by molar-refractivity contribution is 7.99. The van der Waals surface area contributed by atoms with Gasteiger partial charge in [-0.3, -0.25) is 4.79 Å². The molecule has 1 aliphatic heterocycles. The van der Waals surface area contributed by atoms with Crippen LogP contribution < -0.4 is 10.6 Å². The molecule has 2 fully saturated rings. The molecule has 5 heteroatoms. The number of hydrogen-bond acceptors (Lipinski definition) is 3. The lowest BCUT2D eigenvalue weighted by molar-refractivity contribution is 0.0956. The minimum atomic E-state index is 0.0180. The fourth-order valence-electron chi connectivity index (χ4n) is 6.58. The summed E-state index contributed by atoms with van der Waals surface area (Å²) < 4.78 is 0. The molecule has 0 spiro atoms. The molecule has 2 N–H and O–H groups in total. The third-order valence-corrected chi connectivity index (χ3v) is 9.24. The highest BCUT2D eigenvalue weighted by Gasteiger charge is 2.53. The molecule has 3 nitrogen and oxygen atoms in total. The summed E-state index contributed by atoms with van der Waals surface area (Å²) in [6.07, 6.45) is 4.00. The lowest BCUT2D eigenvalue weighted by atomic mass is 9.68. The number of carbonyl (C=O) groups excluding carboxylic acids is 1. The number of benzene rings is 3. The number of anilines is 1. The summed E-state index contributed by atoms with van der Waals surface area (Å²) >= 11 is 7.68. The molecule has 0 unspecified atom stereocenters. The Kier molecular flexibility index (Phi) is 6.04. The maximum absolute atomic E-state index is 13.0. The summed E-state index contributed by atoms with van der Waals surface area (Å²) in [6.45, 7) is 0.633. The van der Waals surface area contributed by atoms with E-state index in [1.807, 2.05) is 30.3 Å². The van der Waals surface area contributed by atoms with Gasteiger partial charge in [0.1, 0.15) is 0 Å². The van der Waals surface area contributed by atoms with Crippen molar-refractivity contribution in [3.05, 3.63) is 94.5 Å². The van der Waals surface area contributed by atoms with Gasteiger partial charge in [0, 0.05) is 33.5 Å². The Morgan fingerprint density at radius 2 is 1.79 bits per heavy atom. The molecule has 6 rings (SSSR count).